The van der Waals surface area contributed by atoms with Gasteiger partial charge in [0.15, 0.2) is 0 Å². The fraction of sp³-hybridized carbons (Fsp3) is 0.250. The van der Waals surface area contributed by atoms with Crippen molar-refractivity contribution in [2.45, 2.75) is 18.6 Å². The number of epoxide rings is 1. The minimum absolute atomic E-state index is 0.230. The van der Waals surface area contributed by atoms with Gasteiger partial charge < -0.3 is 9.47 Å². The summed E-state index contributed by atoms with van der Waals surface area (Å²) in [5, 5.41) is 11.3. The Morgan fingerprint density at radius 2 is 2.10 bits per heavy atom. The number of carbonyl (C=O) groups excluding carboxylic acids is 1. The molecular weight excluding hydrogens is 254 g/mol. The Labute approximate surface area is 116 Å². The third-order valence-corrected chi connectivity index (χ3v) is 3.47. The molecule has 0 N–H and O–H groups in total. The van der Waals surface area contributed by atoms with Gasteiger partial charge >= 0.3 is 5.97 Å². The first kappa shape index (κ1) is 12.6. The molecule has 0 aliphatic carbocycles. The Bertz CT molecular complexity index is 714. The predicted molar refractivity (Wildman–Crippen MR) is 72.8 cm³/mol. The van der Waals surface area contributed by atoms with E-state index in [9.17, 15) is 10.1 Å². The summed E-state index contributed by atoms with van der Waals surface area (Å²) >= 11 is 0. The van der Waals surface area contributed by atoms with Crippen LogP contribution in [0.5, 0.6) is 0 Å². The summed E-state index contributed by atoms with van der Waals surface area (Å²) in [4.78, 5) is 11.9. The van der Waals surface area contributed by atoms with Gasteiger partial charge in [0, 0.05) is 0 Å². The van der Waals surface area contributed by atoms with Crippen molar-refractivity contribution in [2.75, 3.05) is 6.61 Å². The van der Waals surface area contributed by atoms with Gasteiger partial charge in [-0.25, -0.2) is 4.79 Å². The van der Waals surface area contributed by atoms with Crippen molar-refractivity contribution in [1.82, 2.24) is 0 Å². The van der Waals surface area contributed by atoms with E-state index in [1.54, 1.807) is 6.92 Å². The van der Waals surface area contributed by atoms with Crippen LogP contribution in [0.2, 0.25) is 0 Å². The molecule has 100 valence electrons. The van der Waals surface area contributed by atoms with Crippen LogP contribution in [0.1, 0.15) is 18.6 Å². The van der Waals surface area contributed by atoms with E-state index < -0.39 is 17.7 Å². The van der Waals surface area contributed by atoms with Crippen LogP contribution in [-0.2, 0) is 14.3 Å². The molecule has 4 heteroatoms. The van der Waals surface area contributed by atoms with Crippen molar-refractivity contribution in [3.63, 3.8) is 0 Å². The lowest BCUT2D eigenvalue weighted by Gasteiger charge is -2.06. The molecule has 2 unspecified atom stereocenters. The number of hydrogen-bond donors (Lipinski definition) is 0. The van der Waals surface area contributed by atoms with Crippen molar-refractivity contribution < 1.29 is 14.3 Å². The normalized spacial score (nSPS) is 24.1. The van der Waals surface area contributed by atoms with Crippen LogP contribution >= 0.6 is 0 Å². The second-order valence-electron chi connectivity index (χ2n) is 4.63. The number of benzene rings is 2. The maximum atomic E-state index is 11.9. The van der Waals surface area contributed by atoms with Crippen molar-refractivity contribution in [1.29, 1.82) is 5.26 Å². The van der Waals surface area contributed by atoms with E-state index in [0.29, 0.717) is 0 Å². The van der Waals surface area contributed by atoms with Gasteiger partial charge in [-0.1, -0.05) is 42.5 Å². The summed E-state index contributed by atoms with van der Waals surface area (Å²) in [5.74, 6) is -0.611. The molecule has 1 saturated heterocycles. The SMILES string of the molecule is CCOC(=O)C1(C#N)OC1c1cccc2ccccc12. The summed E-state index contributed by atoms with van der Waals surface area (Å²) in [6, 6.07) is 15.5. The monoisotopic (exact) mass is 267 g/mol. The lowest BCUT2D eigenvalue weighted by Crippen LogP contribution is -2.26. The summed E-state index contributed by atoms with van der Waals surface area (Å²) in [6.07, 6.45) is -0.558. The molecule has 2 aromatic carbocycles. The predicted octanol–water partition coefficient (Wildman–Crippen LogP) is 2.74. The van der Waals surface area contributed by atoms with Crippen molar-refractivity contribution in [3.8, 4) is 6.07 Å². The van der Waals surface area contributed by atoms with E-state index >= 15 is 0 Å². The van der Waals surface area contributed by atoms with E-state index in [1.807, 2.05) is 48.5 Å². The van der Waals surface area contributed by atoms with Gasteiger partial charge in [-0.2, -0.15) is 5.26 Å². The fourth-order valence-corrected chi connectivity index (χ4v) is 2.44. The van der Waals surface area contributed by atoms with Gasteiger partial charge in [-0.3, -0.25) is 0 Å². The zero-order valence-electron chi connectivity index (χ0n) is 11.0. The molecule has 1 heterocycles. The van der Waals surface area contributed by atoms with Gasteiger partial charge in [-0.05, 0) is 23.3 Å². The number of esters is 1. The fourth-order valence-electron chi connectivity index (χ4n) is 2.44. The highest BCUT2D eigenvalue weighted by atomic mass is 16.7. The first-order valence-electron chi connectivity index (χ1n) is 6.47. The Kier molecular flexibility index (Phi) is 2.92. The van der Waals surface area contributed by atoms with Crippen molar-refractivity contribution >= 4 is 16.7 Å². The molecule has 20 heavy (non-hydrogen) atoms. The Balaban J connectivity index is 2.02. The quantitative estimate of drug-likeness (QED) is 0.633. The maximum absolute atomic E-state index is 11.9. The second-order valence-corrected chi connectivity index (χ2v) is 4.63. The average Bonchev–Trinajstić information content (AvgIpc) is 3.23. The van der Waals surface area contributed by atoms with Crippen LogP contribution < -0.4 is 0 Å². The molecular formula is C16H13NO3. The van der Waals surface area contributed by atoms with Crippen LogP contribution in [0.15, 0.2) is 42.5 Å². The number of nitriles is 1. The Morgan fingerprint density at radius 1 is 1.35 bits per heavy atom. The maximum Gasteiger partial charge on any atom is 0.356 e. The third kappa shape index (κ3) is 1.75. The molecule has 1 fully saturated rings. The zero-order valence-corrected chi connectivity index (χ0v) is 11.0. The number of ether oxygens (including phenoxy) is 2. The summed E-state index contributed by atoms with van der Waals surface area (Å²) in [7, 11) is 0. The third-order valence-electron chi connectivity index (χ3n) is 3.47. The highest BCUT2D eigenvalue weighted by Gasteiger charge is 2.66. The summed E-state index contributed by atoms with van der Waals surface area (Å²) < 4.78 is 10.4. The first-order valence-corrected chi connectivity index (χ1v) is 6.47. The Hall–Kier alpha value is -2.38. The largest absolute Gasteiger partial charge is 0.463 e. The average molecular weight is 267 g/mol. The van der Waals surface area contributed by atoms with Crippen LogP contribution in [-0.4, -0.2) is 18.2 Å². The summed E-state index contributed by atoms with van der Waals surface area (Å²) in [6.45, 7) is 1.94. The zero-order chi connectivity index (χ0) is 14.2. The van der Waals surface area contributed by atoms with Gasteiger partial charge in [0.25, 0.3) is 5.60 Å². The minimum Gasteiger partial charge on any atom is -0.463 e. The highest BCUT2D eigenvalue weighted by Crippen LogP contribution is 2.51. The van der Waals surface area contributed by atoms with Crippen molar-refractivity contribution in [3.05, 3.63) is 48.0 Å². The molecule has 3 rings (SSSR count). The number of nitrogens with zero attached hydrogens (tertiary/aromatic N) is 1. The first-order chi connectivity index (χ1) is 9.73. The molecule has 0 spiro atoms. The number of fused-ring (bicyclic) bond motifs is 1. The van der Waals surface area contributed by atoms with E-state index in [4.69, 9.17) is 9.47 Å². The molecule has 2 atom stereocenters. The molecule has 2 aromatic rings. The van der Waals surface area contributed by atoms with Crippen LogP contribution in [0.4, 0.5) is 0 Å². The molecule has 1 aliphatic heterocycles. The lowest BCUT2D eigenvalue weighted by atomic mass is 9.96. The van der Waals surface area contributed by atoms with Gasteiger partial charge in [0.05, 0.1) is 6.61 Å². The van der Waals surface area contributed by atoms with Crippen LogP contribution in [0.25, 0.3) is 10.8 Å². The van der Waals surface area contributed by atoms with Gasteiger partial charge in [0.1, 0.15) is 12.2 Å². The highest BCUT2D eigenvalue weighted by molar-refractivity contribution is 5.92. The smallest absolute Gasteiger partial charge is 0.356 e. The number of rotatable bonds is 3. The Morgan fingerprint density at radius 3 is 2.85 bits per heavy atom. The van der Waals surface area contributed by atoms with Crippen LogP contribution in [0, 0.1) is 11.3 Å². The van der Waals surface area contributed by atoms with Gasteiger partial charge in [-0.15, -0.1) is 0 Å². The lowest BCUT2D eigenvalue weighted by molar-refractivity contribution is -0.147. The van der Waals surface area contributed by atoms with Crippen LogP contribution in [0.3, 0.4) is 0 Å². The molecule has 0 saturated carbocycles. The molecule has 0 radical (unpaired) electrons. The van der Waals surface area contributed by atoms with E-state index in [2.05, 4.69) is 0 Å². The molecule has 0 aromatic heterocycles. The number of hydrogen-bond acceptors (Lipinski definition) is 4. The topological polar surface area (TPSA) is 62.6 Å². The number of carbonyl (C=O) groups is 1. The summed E-state index contributed by atoms with van der Waals surface area (Å²) in [5.41, 5.74) is -0.641. The van der Waals surface area contributed by atoms with E-state index in [-0.39, 0.29) is 6.61 Å². The molecule has 0 bridgehead atoms. The van der Waals surface area contributed by atoms with E-state index in [0.717, 1.165) is 16.3 Å². The van der Waals surface area contributed by atoms with E-state index in [1.165, 1.54) is 0 Å². The second kappa shape index (κ2) is 4.62. The standard InChI is InChI=1S/C16H13NO3/c1-2-19-15(18)16(10-17)14(20-16)13-9-5-7-11-6-3-4-8-12(11)13/h3-9,14H,2H2,1H3. The van der Waals surface area contributed by atoms with Crippen molar-refractivity contribution in [2.24, 2.45) is 0 Å². The molecule has 4 nitrogen and oxygen atoms in total. The molecule has 1 aliphatic rings. The minimum atomic E-state index is -1.49. The molecule has 0 amide bonds. The van der Waals surface area contributed by atoms with Gasteiger partial charge in [0.2, 0.25) is 0 Å².